The fourth-order valence-corrected chi connectivity index (χ4v) is 2.83. The number of carbonyl (C=O) groups is 1. The number of carbonyl (C=O) groups excluding carboxylic acids is 1. The third-order valence-corrected chi connectivity index (χ3v) is 4.52. The summed E-state index contributed by atoms with van der Waals surface area (Å²) in [5, 5.41) is 2.98. The molecule has 1 atom stereocenters. The van der Waals surface area contributed by atoms with E-state index in [9.17, 15) is 4.79 Å². The van der Waals surface area contributed by atoms with Crippen molar-refractivity contribution in [1.82, 2.24) is 15.3 Å². The van der Waals surface area contributed by atoms with Crippen molar-refractivity contribution in [3.8, 4) is 11.3 Å². The van der Waals surface area contributed by atoms with Gasteiger partial charge in [-0.05, 0) is 38.3 Å². The lowest BCUT2D eigenvalue weighted by Gasteiger charge is -2.16. The largest absolute Gasteiger partial charge is 0.357 e. The zero-order valence-corrected chi connectivity index (χ0v) is 14.3. The molecule has 0 radical (unpaired) electrons. The average Bonchev–Trinajstić information content (AvgIpc) is 3.16. The number of aromatic nitrogens is 2. The monoisotopic (exact) mass is 324 g/mol. The van der Waals surface area contributed by atoms with Crippen LogP contribution < -0.4 is 10.2 Å². The Kier molecular flexibility index (Phi) is 5.08. The smallest absolute Gasteiger partial charge is 0.251 e. The highest BCUT2D eigenvalue weighted by Crippen LogP contribution is 2.23. The Balaban J connectivity index is 1.76. The fourth-order valence-electron chi connectivity index (χ4n) is 2.83. The van der Waals surface area contributed by atoms with E-state index in [-0.39, 0.29) is 11.9 Å². The van der Waals surface area contributed by atoms with Crippen LogP contribution >= 0.6 is 0 Å². The van der Waals surface area contributed by atoms with E-state index in [1.807, 2.05) is 37.3 Å². The molecule has 1 aromatic carbocycles. The maximum atomic E-state index is 12.1. The molecule has 1 N–H and O–H groups in total. The second-order valence-electron chi connectivity index (χ2n) is 6.32. The van der Waals surface area contributed by atoms with E-state index in [1.54, 1.807) is 6.33 Å². The maximum Gasteiger partial charge on any atom is 0.251 e. The van der Waals surface area contributed by atoms with Crippen LogP contribution in [0, 0.1) is 0 Å². The van der Waals surface area contributed by atoms with Gasteiger partial charge >= 0.3 is 0 Å². The van der Waals surface area contributed by atoms with Gasteiger partial charge in [-0.2, -0.15) is 0 Å². The number of hydrogen-bond acceptors (Lipinski definition) is 4. The minimum atomic E-state index is -0.0312. The van der Waals surface area contributed by atoms with E-state index in [1.165, 1.54) is 12.8 Å². The summed E-state index contributed by atoms with van der Waals surface area (Å²) in [7, 11) is 0. The van der Waals surface area contributed by atoms with Gasteiger partial charge in [0.05, 0.1) is 5.69 Å². The Morgan fingerprint density at radius 3 is 2.58 bits per heavy atom. The predicted molar refractivity (Wildman–Crippen MR) is 96.1 cm³/mol. The van der Waals surface area contributed by atoms with Crippen LogP contribution in [0.25, 0.3) is 11.3 Å². The van der Waals surface area contributed by atoms with Crippen LogP contribution in [0.15, 0.2) is 36.7 Å². The Morgan fingerprint density at radius 1 is 1.21 bits per heavy atom. The number of nitrogens with one attached hydrogen (secondary N) is 1. The van der Waals surface area contributed by atoms with E-state index >= 15 is 0 Å². The van der Waals surface area contributed by atoms with Gasteiger partial charge in [0.25, 0.3) is 5.91 Å². The van der Waals surface area contributed by atoms with Crippen molar-refractivity contribution in [1.29, 1.82) is 0 Å². The van der Waals surface area contributed by atoms with Crippen molar-refractivity contribution in [2.24, 2.45) is 0 Å². The highest BCUT2D eigenvalue weighted by atomic mass is 16.1. The summed E-state index contributed by atoms with van der Waals surface area (Å²) >= 11 is 0. The maximum absolute atomic E-state index is 12.1. The van der Waals surface area contributed by atoms with Gasteiger partial charge < -0.3 is 10.2 Å². The molecule has 3 rings (SSSR count). The van der Waals surface area contributed by atoms with Gasteiger partial charge in [-0.3, -0.25) is 4.79 Å². The molecule has 0 spiro atoms. The van der Waals surface area contributed by atoms with Gasteiger partial charge in [0.15, 0.2) is 0 Å². The third-order valence-electron chi connectivity index (χ3n) is 4.52. The molecule has 1 saturated heterocycles. The van der Waals surface area contributed by atoms with Crippen molar-refractivity contribution in [2.75, 3.05) is 18.0 Å². The second-order valence-corrected chi connectivity index (χ2v) is 6.32. The first kappa shape index (κ1) is 16.4. The van der Waals surface area contributed by atoms with Crippen molar-refractivity contribution >= 4 is 11.7 Å². The fraction of sp³-hybridized carbons (Fsp3) is 0.421. The number of nitrogens with zero attached hydrogens (tertiary/aromatic N) is 3. The molecule has 0 unspecified atom stereocenters. The molecular formula is C19H24N4O. The van der Waals surface area contributed by atoms with Crippen LogP contribution in [0.3, 0.4) is 0 Å². The van der Waals surface area contributed by atoms with Gasteiger partial charge in [-0.25, -0.2) is 9.97 Å². The van der Waals surface area contributed by atoms with E-state index in [0.29, 0.717) is 5.56 Å². The van der Waals surface area contributed by atoms with Gasteiger partial charge in [0.2, 0.25) is 0 Å². The summed E-state index contributed by atoms with van der Waals surface area (Å²) in [6.45, 7) is 6.19. The first-order chi connectivity index (χ1) is 11.7. The summed E-state index contributed by atoms with van der Waals surface area (Å²) in [4.78, 5) is 23.2. The van der Waals surface area contributed by atoms with Crippen molar-refractivity contribution in [3.05, 3.63) is 42.2 Å². The first-order valence-corrected chi connectivity index (χ1v) is 8.65. The lowest BCUT2D eigenvalue weighted by Crippen LogP contribution is -2.31. The van der Waals surface area contributed by atoms with Crippen LogP contribution in [-0.4, -0.2) is 35.0 Å². The topological polar surface area (TPSA) is 58.1 Å². The van der Waals surface area contributed by atoms with Gasteiger partial charge in [-0.15, -0.1) is 0 Å². The lowest BCUT2D eigenvalue weighted by atomic mass is 10.1. The summed E-state index contributed by atoms with van der Waals surface area (Å²) in [5.41, 5.74) is 2.56. The predicted octanol–water partition coefficient (Wildman–Crippen LogP) is 3.27. The molecule has 0 aliphatic carbocycles. The minimum absolute atomic E-state index is 0.0312. The summed E-state index contributed by atoms with van der Waals surface area (Å²) in [5.74, 6) is 0.951. The Morgan fingerprint density at radius 2 is 1.92 bits per heavy atom. The van der Waals surface area contributed by atoms with Crippen LogP contribution in [0.5, 0.6) is 0 Å². The number of benzene rings is 1. The molecule has 1 amide bonds. The molecule has 1 fully saturated rings. The quantitative estimate of drug-likeness (QED) is 0.917. The molecule has 0 saturated carbocycles. The highest BCUT2D eigenvalue weighted by Gasteiger charge is 2.15. The van der Waals surface area contributed by atoms with E-state index in [4.69, 9.17) is 0 Å². The Bertz CT molecular complexity index is 693. The van der Waals surface area contributed by atoms with Gasteiger partial charge in [-0.1, -0.05) is 19.1 Å². The summed E-state index contributed by atoms with van der Waals surface area (Å²) < 4.78 is 0. The van der Waals surface area contributed by atoms with E-state index in [0.717, 1.165) is 36.6 Å². The van der Waals surface area contributed by atoms with Crippen molar-refractivity contribution in [3.63, 3.8) is 0 Å². The molecule has 5 nitrogen and oxygen atoms in total. The molecular weight excluding hydrogens is 300 g/mol. The average molecular weight is 324 g/mol. The first-order valence-electron chi connectivity index (χ1n) is 8.65. The summed E-state index contributed by atoms with van der Waals surface area (Å²) in [6, 6.07) is 9.81. The standard InChI is InChI=1S/C19H24N4O/c1-3-14(2)22-19(24)16-8-6-15(7-9-16)17-12-18(21-13-20-17)23-10-4-5-11-23/h6-9,12-14H,3-5,10-11H2,1-2H3,(H,22,24)/t14-/m0/s1. The molecule has 0 bridgehead atoms. The van der Waals surface area contributed by atoms with Crippen LogP contribution in [0.1, 0.15) is 43.5 Å². The highest BCUT2D eigenvalue weighted by molar-refractivity contribution is 5.94. The number of amides is 1. The molecule has 126 valence electrons. The van der Waals surface area contributed by atoms with Crippen LogP contribution in [-0.2, 0) is 0 Å². The van der Waals surface area contributed by atoms with Crippen molar-refractivity contribution in [2.45, 2.75) is 39.2 Å². The lowest BCUT2D eigenvalue weighted by molar-refractivity contribution is 0.0939. The molecule has 2 heterocycles. The SMILES string of the molecule is CC[C@H](C)NC(=O)c1ccc(-c2cc(N3CCCC3)ncn2)cc1. The zero-order valence-electron chi connectivity index (χ0n) is 14.3. The third kappa shape index (κ3) is 3.72. The molecule has 1 aromatic heterocycles. The number of rotatable bonds is 5. The minimum Gasteiger partial charge on any atom is -0.357 e. The van der Waals surface area contributed by atoms with E-state index in [2.05, 4.69) is 27.1 Å². The normalized spacial score (nSPS) is 15.3. The van der Waals surface area contributed by atoms with Crippen LogP contribution in [0.4, 0.5) is 5.82 Å². The van der Waals surface area contributed by atoms with Crippen LogP contribution in [0.2, 0.25) is 0 Å². The van der Waals surface area contributed by atoms with Gasteiger partial charge in [0, 0.05) is 36.3 Å². The molecule has 1 aliphatic heterocycles. The molecule has 5 heteroatoms. The van der Waals surface area contributed by atoms with Crippen molar-refractivity contribution < 1.29 is 4.79 Å². The van der Waals surface area contributed by atoms with E-state index < -0.39 is 0 Å². The number of hydrogen-bond donors (Lipinski definition) is 1. The molecule has 2 aromatic rings. The number of anilines is 1. The molecule has 24 heavy (non-hydrogen) atoms. The van der Waals surface area contributed by atoms with Gasteiger partial charge in [0.1, 0.15) is 12.1 Å². The Hall–Kier alpha value is -2.43. The zero-order chi connectivity index (χ0) is 16.9. The molecule has 1 aliphatic rings. The summed E-state index contributed by atoms with van der Waals surface area (Å²) in [6.07, 6.45) is 4.98. The Labute approximate surface area is 143 Å². The second kappa shape index (κ2) is 7.43.